The summed E-state index contributed by atoms with van der Waals surface area (Å²) in [5.41, 5.74) is 2.70. The topological polar surface area (TPSA) is 38.3 Å². The van der Waals surface area contributed by atoms with Crippen LogP contribution in [0.5, 0.6) is 0 Å². The molecule has 1 saturated carbocycles. The van der Waals surface area contributed by atoms with Crippen molar-refractivity contribution in [3.05, 3.63) is 35.4 Å². The van der Waals surface area contributed by atoms with Crippen molar-refractivity contribution in [3.8, 4) is 0 Å². The van der Waals surface area contributed by atoms with E-state index in [-0.39, 0.29) is 18.2 Å². The van der Waals surface area contributed by atoms with E-state index in [4.69, 9.17) is 4.74 Å². The lowest BCUT2D eigenvalue weighted by Crippen LogP contribution is -2.37. The molecule has 2 aliphatic rings. The quantitative estimate of drug-likeness (QED) is 0.870. The van der Waals surface area contributed by atoms with Gasteiger partial charge in [0.2, 0.25) is 0 Å². The molecule has 3 nitrogen and oxygen atoms in total. The van der Waals surface area contributed by atoms with Gasteiger partial charge < -0.3 is 10.1 Å². The molecule has 0 heterocycles. The molecule has 1 fully saturated rings. The summed E-state index contributed by atoms with van der Waals surface area (Å²) in [7, 11) is 0. The third-order valence-corrected chi connectivity index (χ3v) is 3.95. The zero-order chi connectivity index (χ0) is 12.4. The second kappa shape index (κ2) is 5.01. The predicted molar refractivity (Wildman–Crippen MR) is 69.5 cm³/mol. The van der Waals surface area contributed by atoms with E-state index in [2.05, 4.69) is 29.6 Å². The molecule has 0 atom stereocenters. The molecule has 0 bridgehead atoms. The van der Waals surface area contributed by atoms with Crippen molar-refractivity contribution in [2.75, 3.05) is 0 Å². The second-order valence-corrected chi connectivity index (χ2v) is 5.33. The van der Waals surface area contributed by atoms with Crippen molar-refractivity contribution in [1.29, 1.82) is 0 Å². The predicted octanol–water partition coefficient (Wildman–Crippen LogP) is 2.82. The van der Waals surface area contributed by atoms with Gasteiger partial charge in [0.05, 0.1) is 0 Å². The third-order valence-electron chi connectivity index (χ3n) is 3.95. The Balaban J connectivity index is 1.51. The molecule has 0 aliphatic heterocycles. The van der Waals surface area contributed by atoms with Crippen molar-refractivity contribution < 1.29 is 9.53 Å². The van der Waals surface area contributed by atoms with Gasteiger partial charge in [-0.05, 0) is 49.7 Å². The Bertz CT molecular complexity index is 413. The van der Waals surface area contributed by atoms with Gasteiger partial charge in [-0.3, -0.25) is 0 Å². The van der Waals surface area contributed by atoms with Crippen molar-refractivity contribution in [3.63, 3.8) is 0 Å². The van der Waals surface area contributed by atoms with Crippen LogP contribution in [0.25, 0.3) is 0 Å². The Morgan fingerprint density at radius 1 is 1.11 bits per heavy atom. The first kappa shape index (κ1) is 11.6. The number of rotatable bonds is 2. The number of ether oxygens (including phenoxy) is 1. The number of hydrogen-bond acceptors (Lipinski definition) is 2. The van der Waals surface area contributed by atoms with Crippen LogP contribution in [-0.4, -0.2) is 18.2 Å². The maximum atomic E-state index is 11.8. The van der Waals surface area contributed by atoms with Crippen molar-refractivity contribution in [2.45, 2.75) is 50.7 Å². The highest BCUT2D eigenvalue weighted by atomic mass is 16.6. The van der Waals surface area contributed by atoms with Crippen LogP contribution in [0.4, 0.5) is 4.79 Å². The van der Waals surface area contributed by atoms with Crippen LogP contribution in [0.3, 0.4) is 0 Å². The largest absolute Gasteiger partial charge is 0.446 e. The van der Waals surface area contributed by atoms with Crippen molar-refractivity contribution in [1.82, 2.24) is 5.32 Å². The van der Waals surface area contributed by atoms with Gasteiger partial charge in [0.25, 0.3) is 0 Å². The van der Waals surface area contributed by atoms with Gasteiger partial charge in [-0.2, -0.15) is 0 Å². The molecule has 96 valence electrons. The van der Waals surface area contributed by atoms with E-state index in [1.165, 1.54) is 24.0 Å². The van der Waals surface area contributed by atoms with Gasteiger partial charge in [0.1, 0.15) is 6.10 Å². The summed E-state index contributed by atoms with van der Waals surface area (Å²) in [6.07, 6.45) is 6.19. The summed E-state index contributed by atoms with van der Waals surface area (Å²) >= 11 is 0. The molecule has 3 heteroatoms. The van der Waals surface area contributed by atoms with Gasteiger partial charge in [0, 0.05) is 6.04 Å². The average molecular weight is 245 g/mol. The fourth-order valence-electron chi connectivity index (χ4n) is 3.02. The molecule has 1 amide bonds. The molecule has 0 radical (unpaired) electrons. The van der Waals surface area contributed by atoms with E-state index in [1.807, 2.05) is 0 Å². The van der Waals surface area contributed by atoms with Gasteiger partial charge >= 0.3 is 6.09 Å². The summed E-state index contributed by atoms with van der Waals surface area (Å²) in [6.45, 7) is 0. The summed E-state index contributed by atoms with van der Waals surface area (Å²) in [4.78, 5) is 11.8. The van der Waals surface area contributed by atoms with Crippen molar-refractivity contribution >= 4 is 6.09 Å². The Kier molecular flexibility index (Phi) is 3.22. The first-order chi connectivity index (χ1) is 8.81. The molecule has 0 spiro atoms. The molecular weight excluding hydrogens is 226 g/mol. The van der Waals surface area contributed by atoms with Crippen LogP contribution in [0, 0.1) is 0 Å². The number of carbonyl (C=O) groups is 1. The third kappa shape index (κ3) is 2.50. The minimum Gasteiger partial charge on any atom is -0.446 e. The number of amides is 1. The molecule has 1 aromatic carbocycles. The normalized spacial score (nSPS) is 19.8. The summed E-state index contributed by atoms with van der Waals surface area (Å²) < 4.78 is 5.42. The molecule has 0 unspecified atom stereocenters. The number of benzene rings is 1. The zero-order valence-corrected chi connectivity index (χ0v) is 10.5. The average Bonchev–Trinajstić information content (AvgIpc) is 2.96. The van der Waals surface area contributed by atoms with Crippen molar-refractivity contribution in [2.24, 2.45) is 0 Å². The van der Waals surface area contributed by atoms with E-state index in [1.54, 1.807) is 0 Å². The Hall–Kier alpha value is -1.51. The maximum Gasteiger partial charge on any atom is 0.407 e. The fraction of sp³-hybridized carbons (Fsp3) is 0.533. The molecule has 0 saturated heterocycles. The van der Waals surface area contributed by atoms with Gasteiger partial charge in [0.15, 0.2) is 0 Å². The lowest BCUT2D eigenvalue weighted by Gasteiger charge is -2.15. The fourth-order valence-corrected chi connectivity index (χ4v) is 3.02. The molecule has 2 aliphatic carbocycles. The minimum atomic E-state index is -0.236. The number of nitrogens with one attached hydrogen (secondary N) is 1. The SMILES string of the molecule is O=C(NC1Cc2ccccc2C1)OC1CCCC1. The standard InChI is InChI=1S/C15H19NO2/c17-15(18-14-7-3-4-8-14)16-13-9-11-5-1-2-6-12(11)10-13/h1-2,5-6,13-14H,3-4,7-10H2,(H,16,17). The molecule has 18 heavy (non-hydrogen) atoms. The lowest BCUT2D eigenvalue weighted by molar-refractivity contribution is 0.0981. The number of alkyl carbamates (subject to hydrolysis) is 1. The summed E-state index contributed by atoms with van der Waals surface area (Å²) in [6, 6.07) is 8.59. The Morgan fingerprint density at radius 3 is 2.33 bits per heavy atom. The molecule has 0 aromatic heterocycles. The van der Waals surface area contributed by atoms with E-state index in [9.17, 15) is 4.79 Å². The van der Waals surface area contributed by atoms with Gasteiger partial charge in [-0.25, -0.2) is 4.79 Å². The second-order valence-electron chi connectivity index (χ2n) is 5.33. The minimum absolute atomic E-state index is 0.147. The summed E-state index contributed by atoms with van der Waals surface area (Å²) in [5, 5.41) is 2.99. The number of hydrogen-bond donors (Lipinski definition) is 1. The van der Waals surface area contributed by atoms with Crippen LogP contribution >= 0.6 is 0 Å². The number of fused-ring (bicyclic) bond motifs is 1. The van der Waals surface area contributed by atoms with Gasteiger partial charge in [-0.1, -0.05) is 24.3 Å². The lowest BCUT2D eigenvalue weighted by atomic mass is 10.1. The maximum absolute atomic E-state index is 11.8. The van der Waals surface area contributed by atoms with E-state index in [0.717, 1.165) is 25.7 Å². The molecule has 1 aromatic rings. The van der Waals surface area contributed by atoms with E-state index in [0.29, 0.717) is 0 Å². The highest BCUT2D eigenvalue weighted by Crippen LogP contribution is 2.23. The Labute approximate surface area is 108 Å². The first-order valence-electron chi connectivity index (χ1n) is 6.85. The molecule has 3 rings (SSSR count). The van der Waals surface area contributed by atoms with Crippen LogP contribution in [0.2, 0.25) is 0 Å². The first-order valence-corrected chi connectivity index (χ1v) is 6.85. The zero-order valence-electron chi connectivity index (χ0n) is 10.5. The molecule has 1 N–H and O–H groups in total. The van der Waals surface area contributed by atoms with Crippen LogP contribution in [-0.2, 0) is 17.6 Å². The van der Waals surface area contributed by atoms with Crippen LogP contribution in [0.1, 0.15) is 36.8 Å². The van der Waals surface area contributed by atoms with E-state index < -0.39 is 0 Å². The van der Waals surface area contributed by atoms with Crippen LogP contribution in [0.15, 0.2) is 24.3 Å². The van der Waals surface area contributed by atoms with Crippen LogP contribution < -0.4 is 5.32 Å². The monoisotopic (exact) mass is 245 g/mol. The highest BCUT2D eigenvalue weighted by Gasteiger charge is 2.25. The highest BCUT2D eigenvalue weighted by molar-refractivity contribution is 5.68. The summed E-state index contributed by atoms with van der Waals surface area (Å²) in [5.74, 6) is 0. The van der Waals surface area contributed by atoms with E-state index >= 15 is 0 Å². The smallest absolute Gasteiger partial charge is 0.407 e. The number of carbonyl (C=O) groups excluding carboxylic acids is 1. The van der Waals surface area contributed by atoms with Gasteiger partial charge in [-0.15, -0.1) is 0 Å². The Morgan fingerprint density at radius 2 is 1.72 bits per heavy atom. The molecular formula is C15H19NO2.